The lowest BCUT2D eigenvalue weighted by Crippen LogP contribution is -2.00. The highest BCUT2D eigenvalue weighted by molar-refractivity contribution is 6.33. The lowest BCUT2D eigenvalue weighted by Gasteiger charge is -2.15. The Morgan fingerprint density at radius 1 is 0.947 bits per heavy atom. The van der Waals surface area contributed by atoms with E-state index in [0.717, 1.165) is 11.1 Å². The number of rotatable bonds is 2. The van der Waals surface area contributed by atoms with Gasteiger partial charge in [0.25, 0.3) is 0 Å². The van der Waals surface area contributed by atoms with E-state index in [1.54, 1.807) is 12.1 Å². The quantitative estimate of drug-likeness (QED) is 0.589. The average Bonchev–Trinajstić information content (AvgIpc) is 2.36. The molecule has 0 amide bonds. The maximum absolute atomic E-state index is 14.0. The van der Waals surface area contributed by atoms with Crippen molar-refractivity contribution in [3.05, 3.63) is 68.4 Å². The molecule has 0 aliphatic heterocycles. The number of alkyl halides is 1. The maximum atomic E-state index is 14.0. The minimum atomic E-state index is -0.662. The van der Waals surface area contributed by atoms with E-state index >= 15 is 0 Å². The molecule has 4 heteroatoms. The van der Waals surface area contributed by atoms with Crippen LogP contribution in [0.5, 0.6) is 0 Å². The molecule has 0 saturated carbocycles. The van der Waals surface area contributed by atoms with Gasteiger partial charge < -0.3 is 0 Å². The fourth-order valence-electron chi connectivity index (χ4n) is 1.88. The molecule has 0 fully saturated rings. The third-order valence-electron chi connectivity index (χ3n) is 3.14. The molecule has 0 nitrogen and oxygen atoms in total. The first kappa shape index (κ1) is 14.6. The van der Waals surface area contributed by atoms with Gasteiger partial charge in [0.15, 0.2) is 0 Å². The second-order valence-corrected chi connectivity index (χ2v) is 5.71. The van der Waals surface area contributed by atoms with Crippen LogP contribution in [0.4, 0.5) is 4.39 Å². The molecule has 0 aliphatic rings. The molecule has 0 aromatic heterocycles. The van der Waals surface area contributed by atoms with Gasteiger partial charge in [-0.2, -0.15) is 0 Å². The number of halogens is 4. The summed E-state index contributed by atoms with van der Waals surface area (Å²) in [6.45, 7) is 3.93. The predicted octanol–water partition coefficient (Wildman–Crippen LogP) is 6.08. The molecule has 19 heavy (non-hydrogen) atoms. The fourth-order valence-corrected chi connectivity index (χ4v) is 2.80. The fraction of sp³-hybridized carbons (Fsp3) is 0.200. The SMILES string of the molecule is Cc1cc(Cl)c(C(Cl)c2cccc(Cl)c2F)cc1C. The highest BCUT2D eigenvalue weighted by Gasteiger charge is 2.20. The Labute approximate surface area is 127 Å². The summed E-state index contributed by atoms with van der Waals surface area (Å²) in [6.07, 6.45) is 0. The molecule has 0 aliphatic carbocycles. The van der Waals surface area contributed by atoms with Crippen molar-refractivity contribution in [2.24, 2.45) is 0 Å². The van der Waals surface area contributed by atoms with Gasteiger partial charge in [-0.15, -0.1) is 11.6 Å². The van der Waals surface area contributed by atoms with E-state index in [2.05, 4.69) is 0 Å². The lowest BCUT2D eigenvalue weighted by molar-refractivity contribution is 0.613. The van der Waals surface area contributed by atoms with Crippen molar-refractivity contribution in [2.45, 2.75) is 19.2 Å². The molecule has 0 N–H and O–H groups in total. The van der Waals surface area contributed by atoms with Crippen molar-refractivity contribution in [1.29, 1.82) is 0 Å². The van der Waals surface area contributed by atoms with Crippen molar-refractivity contribution >= 4 is 34.8 Å². The Bertz CT molecular complexity index is 623. The van der Waals surface area contributed by atoms with Crippen LogP contribution in [0.15, 0.2) is 30.3 Å². The standard InChI is InChI=1S/C15H12Cl3F/c1-8-6-11(13(17)7-9(8)2)14(18)10-4-3-5-12(16)15(10)19/h3-7,14H,1-2H3. The van der Waals surface area contributed by atoms with Crippen LogP contribution >= 0.6 is 34.8 Å². The van der Waals surface area contributed by atoms with E-state index in [-0.39, 0.29) is 5.02 Å². The highest BCUT2D eigenvalue weighted by Crippen LogP contribution is 2.37. The zero-order valence-corrected chi connectivity index (χ0v) is 12.7. The lowest BCUT2D eigenvalue weighted by atomic mass is 9.99. The number of benzene rings is 2. The van der Waals surface area contributed by atoms with Gasteiger partial charge >= 0.3 is 0 Å². The third kappa shape index (κ3) is 2.89. The summed E-state index contributed by atoms with van der Waals surface area (Å²) in [5.41, 5.74) is 3.16. The first-order chi connectivity index (χ1) is 8.91. The van der Waals surface area contributed by atoms with E-state index in [1.165, 1.54) is 6.07 Å². The average molecular weight is 318 g/mol. The first-order valence-electron chi connectivity index (χ1n) is 5.76. The van der Waals surface area contributed by atoms with E-state index in [1.807, 2.05) is 26.0 Å². The molecule has 0 spiro atoms. The zero-order chi connectivity index (χ0) is 14.2. The van der Waals surface area contributed by atoms with Crippen LogP contribution in [-0.2, 0) is 0 Å². The molecule has 1 atom stereocenters. The van der Waals surface area contributed by atoms with Crippen LogP contribution in [-0.4, -0.2) is 0 Å². The van der Waals surface area contributed by atoms with Crippen LogP contribution in [0.25, 0.3) is 0 Å². The summed E-state index contributed by atoms with van der Waals surface area (Å²) in [6, 6.07) is 8.50. The van der Waals surface area contributed by atoms with Gasteiger partial charge in [-0.05, 0) is 42.7 Å². The van der Waals surface area contributed by atoms with Gasteiger partial charge in [0.05, 0.1) is 10.4 Å². The van der Waals surface area contributed by atoms with E-state index in [4.69, 9.17) is 34.8 Å². The second-order valence-electron chi connectivity index (χ2n) is 4.46. The summed E-state index contributed by atoms with van der Waals surface area (Å²) >= 11 is 18.3. The van der Waals surface area contributed by atoms with Crippen molar-refractivity contribution in [3.63, 3.8) is 0 Å². The van der Waals surface area contributed by atoms with Crippen LogP contribution < -0.4 is 0 Å². The summed E-state index contributed by atoms with van der Waals surface area (Å²) in [4.78, 5) is 0. The number of hydrogen-bond donors (Lipinski definition) is 0. The molecule has 1 unspecified atom stereocenters. The molecule has 2 aromatic carbocycles. The van der Waals surface area contributed by atoms with Gasteiger partial charge in [-0.25, -0.2) is 4.39 Å². The monoisotopic (exact) mass is 316 g/mol. The van der Waals surface area contributed by atoms with E-state index < -0.39 is 11.2 Å². The zero-order valence-electron chi connectivity index (χ0n) is 10.5. The van der Waals surface area contributed by atoms with Gasteiger partial charge in [0.2, 0.25) is 0 Å². The first-order valence-corrected chi connectivity index (χ1v) is 6.95. The third-order valence-corrected chi connectivity index (χ3v) is 4.23. The Hall–Kier alpha value is -0.760. The van der Waals surface area contributed by atoms with Gasteiger partial charge in [0.1, 0.15) is 5.82 Å². The molecular weight excluding hydrogens is 306 g/mol. The minimum Gasteiger partial charge on any atom is -0.205 e. The maximum Gasteiger partial charge on any atom is 0.146 e. The normalized spacial score (nSPS) is 12.5. The van der Waals surface area contributed by atoms with Crippen molar-refractivity contribution < 1.29 is 4.39 Å². The van der Waals surface area contributed by atoms with Gasteiger partial charge in [0, 0.05) is 10.6 Å². The van der Waals surface area contributed by atoms with E-state index in [9.17, 15) is 4.39 Å². The molecule has 0 bridgehead atoms. The van der Waals surface area contributed by atoms with Crippen molar-refractivity contribution in [3.8, 4) is 0 Å². The van der Waals surface area contributed by atoms with Crippen molar-refractivity contribution in [2.75, 3.05) is 0 Å². The smallest absolute Gasteiger partial charge is 0.146 e. The Kier molecular flexibility index (Phi) is 4.39. The minimum absolute atomic E-state index is 0.0584. The number of aryl methyl sites for hydroxylation is 2. The highest BCUT2D eigenvalue weighted by atomic mass is 35.5. The molecular formula is C15H12Cl3F. The van der Waals surface area contributed by atoms with Crippen LogP contribution in [0.1, 0.15) is 27.6 Å². The largest absolute Gasteiger partial charge is 0.205 e. The molecule has 100 valence electrons. The Balaban J connectivity index is 2.53. The Morgan fingerprint density at radius 3 is 2.26 bits per heavy atom. The summed E-state index contributed by atoms with van der Waals surface area (Å²) in [5.74, 6) is -0.501. The van der Waals surface area contributed by atoms with Crippen LogP contribution in [0.3, 0.4) is 0 Å². The van der Waals surface area contributed by atoms with E-state index in [0.29, 0.717) is 16.1 Å². The summed E-state index contributed by atoms with van der Waals surface area (Å²) < 4.78 is 14.0. The molecule has 2 aromatic rings. The molecule has 0 heterocycles. The van der Waals surface area contributed by atoms with Crippen LogP contribution in [0.2, 0.25) is 10.0 Å². The predicted molar refractivity (Wildman–Crippen MR) is 80.0 cm³/mol. The number of hydrogen-bond acceptors (Lipinski definition) is 0. The van der Waals surface area contributed by atoms with Gasteiger partial charge in [-0.3, -0.25) is 0 Å². The second kappa shape index (κ2) is 5.70. The summed E-state index contributed by atoms with van der Waals surface area (Å²) in [5, 5.41) is -0.0731. The molecule has 0 radical (unpaired) electrons. The molecule has 0 saturated heterocycles. The van der Waals surface area contributed by atoms with Gasteiger partial charge in [-0.1, -0.05) is 41.4 Å². The topological polar surface area (TPSA) is 0 Å². The summed E-state index contributed by atoms with van der Waals surface area (Å²) in [7, 11) is 0. The molecule has 2 rings (SSSR count). The Morgan fingerprint density at radius 2 is 1.58 bits per heavy atom. The van der Waals surface area contributed by atoms with Crippen LogP contribution in [0, 0.1) is 19.7 Å². The van der Waals surface area contributed by atoms with Crippen molar-refractivity contribution in [1.82, 2.24) is 0 Å².